The van der Waals surface area contributed by atoms with E-state index in [-0.39, 0.29) is 0 Å². The molecule has 11 aromatic rings. The van der Waals surface area contributed by atoms with Gasteiger partial charge in [0.1, 0.15) is 0 Å². The Bertz CT molecular complexity index is 3290. The Hall–Kier alpha value is -8.02. The van der Waals surface area contributed by atoms with E-state index in [0.29, 0.717) is 11.8 Å². The lowest BCUT2D eigenvalue weighted by Gasteiger charge is -2.17. The first-order chi connectivity index (χ1) is 29.2. The molecule has 0 aliphatic heterocycles. The van der Waals surface area contributed by atoms with Crippen molar-refractivity contribution in [3.8, 4) is 78.8 Å². The molecule has 11 rings (SSSR count). The lowest BCUT2D eigenvalue weighted by atomic mass is 9.91. The maximum Gasteiger partial charge on any atom is 0.248 e. The summed E-state index contributed by atoms with van der Waals surface area (Å²) in [6.45, 7) is 0. The Morgan fingerprint density at radius 2 is 0.644 bits per heavy atom. The lowest BCUT2D eigenvalue weighted by Crippen LogP contribution is -1.99. The van der Waals surface area contributed by atoms with Crippen LogP contribution in [-0.4, -0.2) is 20.2 Å². The molecule has 0 N–H and O–H groups in total. The molecule has 276 valence electrons. The predicted octanol–water partition coefficient (Wildman–Crippen LogP) is 14.0. The van der Waals surface area contributed by atoms with E-state index in [9.17, 15) is 0 Å². The second kappa shape index (κ2) is 14.5. The second-order valence-corrected chi connectivity index (χ2v) is 14.6. The normalized spacial score (nSPS) is 11.4. The van der Waals surface area contributed by atoms with Crippen molar-refractivity contribution in [3.05, 3.63) is 206 Å². The minimum atomic E-state index is 0.487. The van der Waals surface area contributed by atoms with Gasteiger partial charge in [-0.3, -0.25) is 0 Å². The fraction of sp³-hybridized carbons (Fsp3) is 0. The first-order valence-corrected chi connectivity index (χ1v) is 19.7. The zero-order chi connectivity index (χ0) is 39.1. The van der Waals surface area contributed by atoms with E-state index in [4.69, 9.17) is 14.4 Å². The van der Waals surface area contributed by atoms with E-state index < -0.39 is 0 Å². The third kappa shape index (κ3) is 6.22. The van der Waals surface area contributed by atoms with Crippen LogP contribution in [0.15, 0.2) is 211 Å². The topological polar surface area (TPSA) is 64.7 Å². The van der Waals surface area contributed by atoms with E-state index >= 15 is 0 Å². The summed E-state index contributed by atoms with van der Waals surface area (Å²) < 4.78 is 6.02. The molecule has 59 heavy (non-hydrogen) atoms. The number of aromatic nitrogens is 4. The summed E-state index contributed by atoms with van der Waals surface area (Å²) in [7, 11) is 0. The van der Waals surface area contributed by atoms with Crippen LogP contribution in [-0.2, 0) is 0 Å². The smallest absolute Gasteiger partial charge is 0.248 e. The molecule has 2 aromatic heterocycles. The zero-order valence-electron chi connectivity index (χ0n) is 31.8. The third-order valence-electron chi connectivity index (χ3n) is 11.1. The summed E-state index contributed by atoms with van der Waals surface area (Å²) in [5.41, 5.74) is 13.6. The van der Waals surface area contributed by atoms with Gasteiger partial charge >= 0.3 is 0 Å². The van der Waals surface area contributed by atoms with Gasteiger partial charge in [-0.05, 0) is 68.1 Å². The third-order valence-corrected chi connectivity index (χ3v) is 11.1. The highest BCUT2D eigenvalue weighted by Gasteiger charge is 2.21. The molecule has 0 radical (unpaired) electrons. The Kier molecular flexibility index (Phi) is 8.41. The maximum atomic E-state index is 6.02. The van der Waals surface area contributed by atoms with Gasteiger partial charge in [-0.1, -0.05) is 182 Å². The number of rotatable bonds is 7. The minimum Gasteiger partial charge on any atom is -0.416 e. The Morgan fingerprint density at radius 3 is 1.15 bits per heavy atom. The molecule has 0 aliphatic carbocycles. The molecule has 2 heterocycles. The summed E-state index contributed by atoms with van der Waals surface area (Å²) in [5, 5.41) is 13.3. The number of hydrogen-bond acceptors (Lipinski definition) is 5. The Balaban J connectivity index is 1.06. The van der Waals surface area contributed by atoms with Gasteiger partial charge in [0.05, 0.1) is 22.4 Å². The van der Waals surface area contributed by atoms with Crippen LogP contribution in [0, 0.1) is 0 Å². The molecule has 9 aromatic carbocycles. The van der Waals surface area contributed by atoms with Gasteiger partial charge in [0.2, 0.25) is 11.8 Å². The molecule has 0 spiro atoms. The standard InChI is InChI=1S/C54H34N4O/c1-3-15-39(16-4-1)49-50(40-29-25-35(26-30-40)36-27-31-42(32-28-36)54-58-57-53(59-54)41-17-5-2-6-18-41)56-52-48(46-24-12-20-38-14-8-10-22-44(38)46)34-33-47(51(52)55-49)45-23-11-19-37-13-7-9-21-43(37)45/h1-34H. The summed E-state index contributed by atoms with van der Waals surface area (Å²) in [6, 6.07) is 71.6. The van der Waals surface area contributed by atoms with Gasteiger partial charge in [0.15, 0.2) is 0 Å². The molecule has 0 unspecified atom stereocenters. The fourth-order valence-corrected chi connectivity index (χ4v) is 8.15. The van der Waals surface area contributed by atoms with Crippen molar-refractivity contribution in [2.75, 3.05) is 0 Å². The molecule has 5 nitrogen and oxygen atoms in total. The van der Waals surface area contributed by atoms with Crippen LogP contribution in [0.1, 0.15) is 0 Å². The molecule has 0 amide bonds. The largest absolute Gasteiger partial charge is 0.416 e. The summed E-state index contributed by atoms with van der Waals surface area (Å²) in [4.78, 5) is 11.3. The molecule has 0 saturated carbocycles. The molecular weight excluding hydrogens is 721 g/mol. The summed E-state index contributed by atoms with van der Waals surface area (Å²) >= 11 is 0. The van der Waals surface area contributed by atoms with Crippen molar-refractivity contribution < 1.29 is 4.42 Å². The van der Waals surface area contributed by atoms with Gasteiger partial charge in [-0.15, -0.1) is 10.2 Å². The van der Waals surface area contributed by atoms with E-state index in [1.165, 1.54) is 21.5 Å². The van der Waals surface area contributed by atoms with Crippen LogP contribution in [0.4, 0.5) is 0 Å². The average Bonchev–Trinajstić information content (AvgIpc) is 3.82. The van der Waals surface area contributed by atoms with E-state index in [2.05, 4.69) is 168 Å². The van der Waals surface area contributed by atoms with Crippen molar-refractivity contribution >= 4 is 32.6 Å². The van der Waals surface area contributed by atoms with E-state index in [0.717, 1.165) is 78.1 Å². The van der Waals surface area contributed by atoms with Crippen molar-refractivity contribution in [1.29, 1.82) is 0 Å². The highest BCUT2D eigenvalue weighted by molar-refractivity contribution is 6.10. The van der Waals surface area contributed by atoms with Gasteiger partial charge in [0.25, 0.3) is 0 Å². The van der Waals surface area contributed by atoms with Gasteiger partial charge in [0, 0.05) is 33.4 Å². The zero-order valence-corrected chi connectivity index (χ0v) is 31.8. The molecular formula is C54H34N4O. The highest BCUT2D eigenvalue weighted by Crippen LogP contribution is 2.42. The first-order valence-electron chi connectivity index (χ1n) is 19.7. The van der Waals surface area contributed by atoms with Crippen molar-refractivity contribution in [1.82, 2.24) is 20.2 Å². The van der Waals surface area contributed by atoms with Crippen molar-refractivity contribution in [2.24, 2.45) is 0 Å². The van der Waals surface area contributed by atoms with Crippen LogP contribution < -0.4 is 0 Å². The average molecular weight is 755 g/mol. The number of fused-ring (bicyclic) bond motifs is 3. The van der Waals surface area contributed by atoms with Crippen LogP contribution in [0.5, 0.6) is 0 Å². The number of hydrogen-bond donors (Lipinski definition) is 0. The number of nitrogens with zero attached hydrogens (tertiary/aromatic N) is 4. The SMILES string of the molecule is c1ccc(-c2nnc(-c3ccc(-c4ccc(-c5nc6c(-c7cccc8ccccc78)ccc(-c7cccc8ccccc78)c6nc5-c5ccccc5)cc4)cc3)o2)cc1. The molecule has 0 aliphatic rings. The summed E-state index contributed by atoms with van der Waals surface area (Å²) in [5.74, 6) is 0.988. The predicted molar refractivity (Wildman–Crippen MR) is 240 cm³/mol. The van der Waals surface area contributed by atoms with Crippen molar-refractivity contribution in [3.63, 3.8) is 0 Å². The van der Waals surface area contributed by atoms with Crippen LogP contribution in [0.25, 0.3) is 111 Å². The fourth-order valence-electron chi connectivity index (χ4n) is 8.15. The van der Waals surface area contributed by atoms with Gasteiger partial charge < -0.3 is 4.42 Å². The Morgan fingerprint density at radius 1 is 0.271 bits per heavy atom. The highest BCUT2D eigenvalue weighted by atomic mass is 16.4. The van der Waals surface area contributed by atoms with Crippen LogP contribution in [0.3, 0.4) is 0 Å². The van der Waals surface area contributed by atoms with Gasteiger partial charge in [-0.2, -0.15) is 0 Å². The monoisotopic (exact) mass is 754 g/mol. The first kappa shape index (κ1) is 34.2. The Labute approximate surface area is 341 Å². The van der Waals surface area contributed by atoms with Crippen molar-refractivity contribution in [2.45, 2.75) is 0 Å². The van der Waals surface area contributed by atoms with Crippen LogP contribution >= 0.6 is 0 Å². The molecule has 0 fully saturated rings. The van der Waals surface area contributed by atoms with Crippen LogP contribution in [0.2, 0.25) is 0 Å². The minimum absolute atomic E-state index is 0.487. The van der Waals surface area contributed by atoms with Gasteiger partial charge in [-0.25, -0.2) is 9.97 Å². The second-order valence-electron chi connectivity index (χ2n) is 14.6. The lowest BCUT2D eigenvalue weighted by molar-refractivity contribution is 0.584. The molecule has 0 atom stereocenters. The van der Waals surface area contributed by atoms with E-state index in [1.807, 2.05) is 48.5 Å². The molecule has 5 heteroatoms. The quantitative estimate of drug-likeness (QED) is 0.162. The maximum absolute atomic E-state index is 6.02. The molecule has 0 bridgehead atoms. The number of benzene rings is 9. The summed E-state index contributed by atoms with van der Waals surface area (Å²) in [6.07, 6.45) is 0. The molecule has 0 saturated heterocycles. The van der Waals surface area contributed by atoms with E-state index in [1.54, 1.807) is 0 Å².